The van der Waals surface area contributed by atoms with Gasteiger partial charge in [-0.3, -0.25) is 0 Å². The van der Waals surface area contributed by atoms with E-state index in [1.54, 1.807) is 0 Å². The van der Waals surface area contributed by atoms with Crippen molar-refractivity contribution in [3.63, 3.8) is 0 Å². The van der Waals surface area contributed by atoms with Crippen molar-refractivity contribution < 1.29 is 14.3 Å². The molecule has 2 rings (SSSR count). The first kappa shape index (κ1) is 12.0. The summed E-state index contributed by atoms with van der Waals surface area (Å²) in [6, 6.07) is 5.88. The lowest BCUT2D eigenvalue weighted by molar-refractivity contribution is -0.149. The lowest BCUT2D eigenvalue weighted by Crippen LogP contribution is -2.30. The summed E-state index contributed by atoms with van der Waals surface area (Å²) in [6.45, 7) is 4.04. The number of hydrogen-bond acceptors (Lipinski definition) is 3. The highest BCUT2D eigenvalue weighted by molar-refractivity contribution is 5.76. The number of ether oxygens (including phenoxy) is 2. The lowest BCUT2D eigenvalue weighted by atomic mass is 10.1. The fourth-order valence-corrected chi connectivity index (χ4v) is 1.84. The van der Waals surface area contributed by atoms with Gasteiger partial charge in [0.2, 0.25) is 0 Å². The van der Waals surface area contributed by atoms with E-state index in [2.05, 4.69) is 0 Å². The van der Waals surface area contributed by atoms with E-state index >= 15 is 0 Å². The maximum absolute atomic E-state index is 11.6. The van der Waals surface area contributed by atoms with Crippen molar-refractivity contribution in [3.8, 4) is 5.75 Å². The predicted octanol–water partition coefficient (Wildman–Crippen LogP) is 2.63. The van der Waals surface area contributed by atoms with Crippen LogP contribution in [-0.4, -0.2) is 19.2 Å². The zero-order valence-corrected chi connectivity index (χ0v) is 10.5. The summed E-state index contributed by atoms with van der Waals surface area (Å²) in [6.07, 6.45) is 1.65. The van der Waals surface area contributed by atoms with Crippen LogP contribution >= 0.6 is 0 Å². The maximum atomic E-state index is 11.6. The van der Waals surface area contributed by atoms with Gasteiger partial charge < -0.3 is 9.47 Å². The van der Waals surface area contributed by atoms with Crippen LogP contribution in [0.5, 0.6) is 5.75 Å². The van der Waals surface area contributed by atoms with E-state index < -0.39 is 6.10 Å². The van der Waals surface area contributed by atoms with Crippen molar-refractivity contribution in [2.24, 2.45) is 5.92 Å². The molecule has 92 valence electrons. The Morgan fingerprint density at radius 3 is 2.65 bits per heavy atom. The lowest BCUT2D eigenvalue weighted by Gasteiger charge is -2.18. The molecule has 1 aromatic carbocycles. The second kappa shape index (κ2) is 4.78. The fourth-order valence-electron chi connectivity index (χ4n) is 1.84. The number of methoxy groups -OCH3 is 1. The van der Waals surface area contributed by atoms with Crippen molar-refractivity contribution >= 4 is 5.97 Å². The van der Waals surface area contributed by atoms with Gasteiger partial charge in [-0.15, -0.1) is 0 Å². The summed E-state index contributed by atoms with van der Waals surface area (Å²) in [5.74, 6) is 0.836. The predicted molar refractivity (Wildman–Crippen MR) is 65.1 cm³/mol. The third kappa shape index (κ3) is 2.60. The molecule has 0 aromatic heterocycles. The topological polar surface area (TPSA) is 35.5 Å². The molecule has 1 fully saturated rings. The van der Waals surface area contributed by atoms with Crippen LogP contribution in [0.3, 0.4) is 0 Å². The van der Waals surface area contributed by atoms with Gasteiger partial charge in [0.1, 0.15) is 5.75 Å². The molecular formula is C14H18O3. The standard InChI is InChI=1S/C14H18O3/c1-9-5-4-6-12(10(9)2)17-13(11-7-8-11)14(15)16-3/h4-6,11,13H,7-8H2,1-3H3. The quantitative estimate of drug-likeness (QED) is 0.751. The molecule has 0 bridgehead atoms. The van der Waals surface area contributed by atoms with Crippen molar-refractivity contribution in [1.29, 1.82) is 0 Å². The molecule has 3 nitrogen and oxygen atoms in total. The first-order valence-corrected chi connectivity index (χ1v) is 5.94. The maximum Gasteiger partial charge on any atom is 0.347 e. The highest BCUT2D eigenvalue weighted by Gasteiger charge is 2.39. The van der Waals surface area contributed by atoms with Gasteiger partial charge >= 0.3 is 5.97 Å². The molecule has 1 aromatic rings. The molecule has 0 heterocycles. The molecule has 0 spiro atoms. The normalized spacial score (nSPS) is 16.4. The molecule has 0 radical (unpaired) electrons. The largest absolute Gasteiger partial charge is 0.478 e. The highest BCUT2D eigenvalue weighted by Crippen LogP contribution is 2.36. The molecule has 0 N–H and O–H groups in total. The number of aryl methyl sites for hydroxylation is 1. The van der Waals surface area contributed by atoms with Crippen LogP contribution in [0.1, 0.15) is 24.0 Å². The molecule has 3 heteroatoms. The zero-order valence-electron chi connectivity index (χ0n) is 10.5. The van der Waals surface area contributed by atoms with E-state index in [1.165, 1.54) is 12.7 Å². The van der Waals surface area contributed by atoms with Crippen LogP contribution in [-0.2, 0) is 9.53 Å². The fraction of sp³-hybridized carbons (Fsp3) is 0.500. The molecule has 1 unspecified atom stereocenters. The number of hydrogen-bond donors (Lipinski definition) is 0. The van der Waals surface area contributed by atoms with Gasteiger partial charge in [-0.1, -0.05) is 12.1 Å². The van der Waals surface area contributed by atoms with Crippen LogP contribution in [0.15, 0.2) is 18.2 Å². The van der Waals surface area contributed by atoms with E-state index in [0.717, 1.165) is 24.2 Å². The van der Waals surface area contributed by atoms with Crippen LogP contribution in [0.25, 0.3) is 0 Å². The van der Waals surface area contributed by atoms with E-state index in [0.29, 0.717) is 5.92 Å². The van der Waals surface area contributed by atoms with Gasteiger partial charge in [-0.25, -0.2) is 4.79 Å². The Labute approximate surface area is 102 Å². The molecular weight excluding hydrogens is 216 g/mol. The van der Waals surface area contributed by atoms with Crippen molar-refractivity contribution in [1.82, 2.24) is 0 Å². The minimum atomic E-state index is -0.444. The van der Waals surface area contributed by atoms with Crippen molar-refractivity contribution in [2.45, 2.75) is 32.8 Å². The number of benzene rings is 1. The Balaban J connectivity index is 2.17. The summed E-state index contributed by atoms with van der Waals surface area (Å²) in [5, 5.41) is 0. The Kier molecular flexibility index (Phi) is 3.36. The third-order valence-electron chi connectivity index (χ3n) is 3.29. The molecule has 0 saturated heterocycles. The minimum absolute atomic E-state index is 0.270. The van der Waals surface area contributed by atoms with Gasteiger partial charge in [-0.05, 0) is 43.9 Å². The Hall–Kier alpha value is -1.51. The van der Waals surface area contributed by atoms with Crippen molar-refractivity contribution in [3.05, 3.63) is 29.3 Å². The second-order valence-electron chi connectivity index (χ2n) is 4.60. The minimum Gasteiger partial charge on any atom is -0.478 e. The summed E-state index contributed by atoms with van der Waals surface area (Å²) < 4.78 is 10.6. The van der Waals surface area contributed by atoms with Gasteiger partial charge in [-0.2, -0.15) is 0 Å². The smallest absolute Gasteiger partial charge is 0.347 e. The number of rotatable bonds is 4. The average molecular weight is 234 g/mol. The summed E-state index contributed by atoms with van der Waals surface area (Å²) >= 11 is 0. The van der Waals surface area contributed by atoms with E-state index in [9.17, 15) is 4.79 Å². The van der Waals surface area contributed by atoms with E-state index in [-0.39, 0.29) is 5.97 Å². The van der Waals surface area contributed by atoms with Crippen molar-refractivity contribution in [2.75, 3.05) is 7.11 Å². The molecule has 1 atom stereocenters. The van der Waals surface area contributed by atoms with Gasteiger partial charge in [0, 0.05) is 5.92 Å². The monoisotopic (exact) mass is 234 g/mol. The summed E-state index contributed by atoms with van der Waals surface area (Å²) in [5.41, 5.74) is 2.25. The Bertz CT molecular complexity index is 421. The Morgan fingerprint density at radius 2 is 2.06 bits per heavy atom. The van der Waals surface area contributed by atoms with Crippen LogP contribution in [0, 0.1) is 19.8 Å². The summed E-state index contributed by atoms with van der Waals surface area (Å²) in [4.78, 5) is 11.6. The Morgan fingerprint density at radius 1 is 1.35 bits per heavy atom. The second-order valence-corrected chi connectivity index (χ2v) is 4.60. The first-order chi connectivity index (χ1) is 8.13. The first-order valence-electron chi connectivity index (χ1n) is 5.94. The van der Waals surface area contributed by atoms with E-state index in [1.807, 2.05) is 32.0 Å². The molecule has 1 aliphatic carbocycles. The number of carbonyl (C=O) groups is 1. The number of esters is 1. The van der Waals surface area contributed by atoms with Gasteiger partial charge in [0.05, 0.1) is 7.11 Å². The SMILES string of the molecule is COC(=O)C(Oc1cccc(C)c1C)C1CC1. The van der Waals surface area contributed by atoms with Crippen LogP contribution in [0.2, 0.25) is 0 Å². The van der Waals surface area contributed by atoms with Gasteiger partial charge in [0.25, 0.3) is 0 Å². The zero-order chi connectivity index (χ0) is 12.4. The van der Waals surface area contributed by atoms with Gasteiger partial charge in [0.15, 0.2) is 6.10 Å². The molecule has 17 heavy (non-hydrogen) atoms. The average Bonchev–Trinajstić information content (AvgIpc) is 3.14. The van der Waals surface area contributed by atoms with Crippen LogP contribution < -0.4 is 4.74 Å². The van der Waals surface area contributed by atoms with E-state index in [4.69, 9.17) is 9.47 Å². The molecule has 1 saturated carbocycles. The molecule has 1 aliphatic rings. The van der Waals surface area contributed by atoms with Crippen LogP contribution in [0.4, 0.5) is 0 Å². The number of carbonyl (C=O) groups excluding carboxylic acids is 1. The molecule has 0 aliphatic heterocycles. The third-order valence-corrected chi connectivity index (χ3v) is 3.29. The highest BCUT2D eigenvalue weighted by atomic mass is 16.6. The molecule has 0 amide bonds. The summed E-state index contributed by atoms with van der Waals surface area (Å²) in [7, 11) is 1.41.